The van der Waals surface area contributed by atoms with Gasteiger partial charge in [-0.05, 0) is 56.3 Å². The van der Waals surface area contributed by atoms with E-state index < -0.39 is 12.0 Å². The molecule has 22 heavy (non-hydrogen) atoms. The van der Waals surface area contributed by atoms with E-state index in [1.165, 1.54) is 19.3 Å². The summed E-state index contributed by atoms with van der Waals surface area (Å²) < 4.78 is 0. The maximum absolute atomic E-state index is 12.9. The zero-order valence-electron chi connectivity index (χ0n) is 13.0. The van der Waals surface area contributed by atoms with Crippen molar-refractivity contribution in [3.63, 3.8) is 0 Å². The van der Waals surface area contributed by atoms with Crippen LogP contribution in [0.4, 0.5) is 0 Å². The standard InChI is InChI=1S/C17H24N2O3/c1-10(2-3-18)14(15(20)21)19-16(22)17-7-11-4-12(8-17)6-13(5-11)9-17/h10-14H,2,4-9H2,1H3,(H,19,22)(H,20,21)/t10-,11?,12?,13?,14-,17?/m0/s1. The van der Waals surface area contributed by atoms with Crippen molar-refractivity contribution >= 4 is 11.9 Å². The van der Waals surface area contributed by atoms with Gasteiger partial charge < -0.3 is 10.4 Å². The van der Waals surface area contributed by atoms with E-state index in [0.717, 1.165) is 19.3 Å². The number of carbonyl (C=O) groups is 2. The van der Waals surface area contributed by atoms with Crippen LogP contribution < -0.4 is 5.32 Å². The third-order valence-electron chi connectivity index (χ3n) is 6.05. The molecular weight excluding hydrogens is 280 g/mol. The van der Waals surface area contributed by atoms with Gasteiger partial charge in [0.1, 0.15) is 6.04 Å². The number of nitrogens with zero attached hydrogens (tertiary/aromatic N) is 1. The van der Waals surface area contributed by atoms with Crippen LogP contribution in [0.15, 0.2) is 0 Å². The molecule has 4 bridgehead atoms. The molecule has 0 aromatic heterocycles. The summed E-state index contributed by atoms with van der Waals surface area (Å²) in [6.07, 6.45) is 6.65. The first kappa shape index (κ1) is 15.3. The summed E-state index contributed by atoms with van der Waals surface area (Å²) in [4.78, 5) is 24.3. The number of aliphatic carboxylic acids is 1. The van der Waals surface area contributed by atoms with Crippen LogP contribution in [0.25, 0.3) is 0 Å². The van der Waals surface area contributed by atoms with E-state index in [2.05, 4.69) is 5.32 Å². The summed E-state index contributed by atoms with van der Waals surface area (Å²) in [7, 11) is 0. The summed E-state index contributed by atoms with van der Waals surface area (Å²) in [6, 6.07) is 1.04. The Kier molecular flexibility index (Phi) is 3.88. The first-order valence-corrected chi connectivity index (χ1v) is 8.34. The van der Waals surface area contributed by atoms with Crippen molar-refractivity contribution in [1.82, 2.24) is 5.32 Å². The van der Waals surface area contributed by atoms with Crippen LogP contribution in [0, 0.1) is 40.4 Å². The first-order chi connectivity index (χ1) is 10.4. The molecule has 0 heterocycles. The highest BCUT2D eigenvalue weighted by Crippen LogP contribution is 2.60. The molecule has 1 amide bonds. The van der Waals surface area contributed by atoms with Gasteiger partial charge in [-0.1, -0.05) is 6.92 Å². The van der Waals surface area contributed by atoms with E-state index in [4.69, 9.17) is 5.26 Å². The van der Waals surface area contributed by atoms with Crippen LogP contribution in [0.2, 0.25) is 0 Å². The largest absolute Gasteiger partial charge is 0.480 e. The van der Waals surface area contributed by atoms with Gasteiger partial charge in [0.15, 0.2) is 0 Å². The maximum Gasteiger partial charge on any atom is 0.326 e. The molecule has 5 heteroatoms. The lowest BCUT2D eigenvalue weighted by molar-refractivity contribution is -0.152. The van der Waals surface area contributed by atoms with Gasteiger partial charge in [0.05, 0.1) is 6.07 Å². The van der Waals surface area contributed by atoms with Gasteiger partial charge in [0, 0.05) is 17.8 Å². The second-order valence-electron chi connectivity index (χ2n) is 7.83. The van der Waals surface area contributed by atoms with Crippen LogP contribution in [0.3, 0.4) is 0 Å². The fourth-order valence-corrected chi connectivity index (χ4v) is 5.39. The number of carboxylic acid groups (broad SMARTS) is 1. The zero-order valence-corrected chi connectivity index (χ0v) is 13.0. The SMILES string of the molecule is C[C@@H](CC#N)[C@H](NC(=O)C12CC3CC(CC(C3)C1)C2)C(=O)O. The second kappa shape index (κ2) is 5.57. The molecule has 0 aromatic carbocycles. The van der Waals surface area contributed by atoms with Crippen LogP contribution >= 0.6 is 0 Å². The Bertz CT molecular complexity index is 487. The molecule has 4 saturated carbocycles. The molecule has 2 atom stereocenters. The van der Waals surface area contributed by atoms with Gasteiger partial charge in [0.2, 0.25) is 5.91 Å². The average molecular weight is 304 g/mol. The second-order valence-corrected chi connectivity index (χ2v) is 7.83. The van der Waals surface area contributed by atoms with Crippen molar-refractivity contribution < 1.29 is 14.7 Å². The zero-order chi connectivity index (χ0) is 15.9. The van der Waals surface area contributed by atoms with E-state index >= 15 is 0 Å². The third kappa shape index (κ3) is 2.60. The number of rotatable bonds is 5. The predicted molar refractivity (Wildman–Crippen MR) is 79.6 cm³/mol. The molecule has 0 unspecified atom stereocenters. The molecule has 4 rings (SSSR count). The molecule has 4 aliphatic carbocycles. The van der Waals surface area contributed by atoms with Gasteiger partial charge in [-0.15, -0.1) is 0 Å². The van der Waals surface area contributed by atoms with Gasteiger partial charge in [-0.3, -0.25) is 4.79 Å². The van der Waals surface area contributed by atoms with E-state index in [0.29, 0.717) is 17.8 Å². The Hall–Kier alpha value is -1.57. The van der Waals surface area contributed by atoms with E-state index in [1.54, 1.807) is 6.92 Å². The number of hydrogen-bond donors (Lipinski definition) is 2. The Labute approximate surface area is 131 Å². The lowest BCUT2D eigenvalue weighted by Crippen LogP contribution is -2.57. The molecule has 0 aromatic rings. The van der Waals surface area contributed by atoms with E-state index in [-0.39, 0.29) is 23.7 Å². The monoisotopic (exact) mass is 304 g/mol. The number of amides is 1. The van der Waals surface area contributed by atoms with Crippen LogP contribution in [0.5, 0.6) is 0 Å². The lowest BCUT2D eigenvalue weighted by atomic mass is 9.49. The van der Waals surface area contributed by atoms with Crippen molar-refractivity contribution in [2.45, 2.75) is 57.9 Å². The highest BCUT2D eigenvalue weighted by Gasteiger charge is 2.55. The smallest absolute Gasteiger partial charge is 0.326 e. The summed E-state index contributed by atoms with van der Waals surface area (Å²) in [5, 5.41) is 20.9. The predicted octanol–water partition coefficient (Wildman–Crippen LogP) is 2.32. The number of hydrogen-bond acceptors (Lipinski definition) is 3. The molecule has 0 radical (unpaired) electrons. The Morgan fingerprint density at radius 2 is 1.73 bits per heavy atom. The fraction of sp³-hybridized carbons (Fsp3) is 0.824. The first-order valence-electron chi connectivity index (χ1n) is 8.34. The molecule has 5 nitrogen and oxygen atoms in total. The lowest BCUT2D eigenvalue weighted by Gasteiger charge is -2.55. The maximum atomic E-state index is 12.9. The highest BCUT2D eigenvalue weighted by atomic mass is 16.4. The van der Waals surface area contributed by atoms with E-state index in [9.17, 15) is 14.7 Å². The number of carboxylic acids is 1. The highest BCUT2D eigenvalue weighted by molar-refractivity contribution is 5.88. The van der Waals surface area contributed by atoms with Gasteiger partial charge in [0.25, 0.3) is 0 Å². The van der Waals surface area contributed by atoms with Crippen molar-refractivity contribution in [1.29, 1.82) is 5.26 Å². The Balaban J connectivity index is 1.73. The van der Waals surface area contributed by atoms with Crippen LogP contribution in [0.1, 0.15) is 51.9 Å². The van der Waals surface area contributed by atoms with Crippen molar-refractivity contribution in [3.05, 3.63) is 0 Å². The third-order valence-corrected chi connectivity index (χ3v) is 6.05. The van der Waals surface area contributed by atoms with Crippen molar-refractivity contribution in [3.8, 4) is 6.07 Å². The van der Waals surface area contributed by atoms with Gasteiger partial charge in [-0.25, -0.2) is 4.79 Å². The van der Waals surface area contributed by atoms with Crippen molar-refractivity contribution in [2.24, 2.45) is 29.1 Å². The number of carbonyl (C=O) groups excluding carboxylic acids is 1. The minimum Gasteiger partial charge on any atom is -0.480 e. The van der Waals surface area contributed by atoms with Crippen molar-refractivity contribution in [2.75, 3.05) is 0 Å². The summed E-state index contributed by atoms with van der Waals surface area (Å²) >= 11 is 0. The summed E-state index contributed by atoms with van der Waals surface area (Å²) in [6.45, 7) is 1.71. The van der Waals surface area contributed by atoms with Crippen LogP contribution in [-0.4, -0.2) is 23.0 Å². The average Bonchev–Trinajstić information content (AvgIpc) is 2.42. The van der Waals surface area contributed by atoms with Gasteiger partial charge >= 0.3 is 5.97 Å². The summed E-state index contributed by atoms with van der Waals surface area (Å²) in [5.41, 5.74) is -0.338. The topological polar surface area (TPSA) is 90.2 Å². The minimum absolute atomic E-state index is 0.0798. The molecule has 0 spiro atoms. The molecule has 2 N–H and O–H groups in total. The number of nitriles is 1. The molecular formula is C17H24N2O3. The summed E-state index contributed by atoms with van der Waals surface area (Å²) in [5.74, 6) is 0.454. The van der Waals surface area contributed by atoms with Crippen LogP contribution in [-0.2, 0) is 9.59 Å². The number of nitrogens with one attached hydrogen (secondary N) is 1. The molecule has 0 aliphatic heterocycles. The molecule has 4 aliphatic rings. The molecule has 120 valence electrons. The quantitative estimate of drug-likeness (QED) is 0.815. The minimum atomic E-state index is -1.04. The van der Waals surface area contributed by atoms with Gasteiger partial charge in [-0.2, -0.15) is 5.26 Å². The Morgan fingerprint density at radius 3 is 2.14 bits per heavy atom. The van der Waals surface area contributed by atoms with E-state index in [1.807, 2.05) is 6.07 Å². The normalized spacial score (nSPS) is 38.1. The fourth-order valence-electron chi connectivity index (χ4n) is 5.39. The molecule has 4 fully saturated rings. The Morgan fingerprint density at radius 1 is 1.23 bits per heavy atom. The molecule has 0 saturated heterocycles.